The standard InChI is InChI=1S/C21H32N4O2/c1-4-14(16-11-10-13(16)3)12-18(26)22-17(5-2)19-21(27)23-20(25-24-19)15-8-6-7-9-15/h14-17H,3-12H2,1-2H3,(H,22,26)(H,23,25,27). The van der Waals surface area contributed by atoms with Crippen molar-refractivity contribution < 1.29 is 4.79 Å². The minimum atomic E-state index is -0.395. The molecule has 2 aliphatic carbocycles. The van der Waals surface area contributed by atoms with Crippen LogP contribution in [0.3, 0.4) is 0 Å². The van der Waals surface area contributed by atoms with Gasteiger partial charge in [0.25, 0.3) is 5.56 Å². The molecule has 0 radical (unpaired) electrons. The van der Waals surface area contributed by atoms with Crippen molar-refractivity contribution in [3.05, 3.63) is 34.0 Å². The maximum Gasteiger partial charge on any atom is 0.275 e. The molecule has 2 N–H and O–H groups in total. The van der Waals surface area contributed by atoms with Crippen LogP contribution in [0.2, 0.25) is 0 Å². The van der Waals surface area contributed by atoms with Gasteiger partial charge in [-0.2, -0.15) is 0 Å². The Balaban J connectivity index is 1.64. The fourth-order valence-corrected chi connectivity index (χ4v) is 4.48. The molecule has 2 fully saturated rings. The van der Waals surface area contributed by atoms with Gasteiger partial charge in [0, 0.05) is 12.3 Å². The first-order chi connectivity index (χ1) is 13.0. The lowest BCUT2D eigenvalue weighted by Gasteiger charge is -2.35. The molecular weight excluding hydrogens is 340 g/mol. The van der Waals surface area contributed by atoms with Gasteiger partial charge in [-0.15, -0.1) is 10.2 Å². The number of hydrogen-bond acceptors (Lipinski definition) is 4. The Kier molecular flexibility index (Phi) is 6.45. The monoisotopic (exact) mass is 372 g/mol. The number of nitrogens with one attached hydrogen (secondary N) is 2. The summed E-state index contributed by atoms with van der Waals surface area (Å²) in [7, 11) is 0. The summed E-state index contributed by atoms with van der Waals surface area (Å²) in [5.41, 5.74) is 1.36. The summed E-state index contributed by atoms with van der Waals surface area (Å²) in [6.45, 7) is 8.17. The van der Waals surface area contributed by atoms with E-state index >= 15 is 0 Å². The van der Waals surface area contributed by atoms with Crippen LogP contribution in [0.15, 0.2) is 16.9 Å². The second kappa shape index (κ2) is 8.81. The molecular formula is C21H32N4O2. The molecule has 2 saturated carbocycles. The molecule has 6 nitrogen and oxygen atoms in total. The van der Waals surface area contributed by atoms with Crippen LogP contribution in [-0.4, -0.2) is 21.1 Å². The molecule has 6 heteroatoms. The highest BCUT2D eigenvalue weighted by atomic mass is 16.2. The van der Waals surface area contributed by atoms with Gasteiger partial charge in [0.2, 0.25) is 5.91 Å². The van der Waals surface area contributed by atoms with Crippen LogP contribution >= 0.6 is 0 Å². The van der Waals surface area contributed by atoms with Crippen LogP contribution in [0.25, 0.3) is 0 Å². The zero-order valence-corrected chi connectivity index (χ0v) is 16.6. The number of amides is 1. The molecule has 3 rings (SSSR count). The molecule has 0 spiro atoms. The maximum atomic E-state index is 12.6. The third-order valence-electron chi connectivity index (χ3n) is 6.40. The molecule has 0 bridgehead atoms. The van der Waals surface area contributed by atoms with Crippen molar-refractivity contribution >= 4 is 5.91 Å². The van der Waals surface area contributed by atoms with E-state index in [1.54, 1.807) is 0 Å². The number of nitrogens with zero attached hydrogens (tertiary/aromatic N) is 2. The molecule has 1 heterocycles. The molecule has 148 valence electrons. The van der Waals surface area contributed by atoms with Crippen molar-refractivity contribution in [3.8, 4) is 0 Å². The maximum absolute atomic E-state index is 12.6. The Morgan fingerprint density at radius 1 is 1.22 bits per heavy atom. The Morgan fingerprint density at radius 2 is 1.96 bits per heavy atom. The lowest BCUT2D eigenvalue weighted by Crippen LogP contribution is -2.36. The van der Waals surface area contributed by atoms with Crippen LogP contribution in [0, 0.1) is 11.8 Å². The molecule has 2 aliphatic rings. The predicted molar refractivity (Wildman–Crippen MR) is 105 cm³/mol. The summed E-state index contributed by atoms with van der Waals surface area (Å²) in [6, 6.07) is -0.395. The third-order valence-corrected chi connectivity index (χ3v) is 6.40. The number of H-pyrrole nitrogens is 1. The smallest absolute Gasteiger partial charge is 0.275 e. The van der Waals surface area contributed by atoms with E-state index in [9.17, 15) is 9.59 Å². The van der Waals surface area contributed by atoms with Crippen molar-refractivity contribution in [2.75, 3.05) is 0 Å². The van der Waals surface area contributed by atoms with Gasteiger partial charge in [-0.1, -0.05) is 45.3 Å². The number of aromatic nitrogens is 3. The normalized spacial score (nSPS) is 22.3. The summed E-state index contributed by atoms with van der Waals surface area (Å²) in [6.07, 6.45) is 8.73. The van der Waals surface area contributed by atoms with Crippen LogP contribution in [0.1, 0.15) is 95.1 Å². The Bertz CT molecular complexity index is 736. The minimum Gasteiger partial charge on any atom is -0.347 e. The van der Waals surface area contributed by atoms with Crippen molar-refractivity contribution in [3.63, 3.8) is 0 Å². The van der Waals surface area contributed by atoms with Gasteiger partial charge < -0.3 is 10.3 Å². The molecule has 3 unspecified atom stereocenters. The van der Waals surface area contributed by atoms with E-state index in [0.717, 1.165) is 32.1 Å². The number of aromatic amines is 1. The second-order valence-corrected chi connectivity index (χ2v) is 8.11. The van der Waals surface area contributed by atoms with Gasteiger partial charge in [-0.3, -0.25) is 9.59 Å². The molecule has 27 heavy (non-hydrogen) atoms. The second-order valence-electron chi connectivity index (χ2n) is 8.11. The quantitative estimate of drug-likeness (QED) is 0.680. The number of carbonyl (C=O) groups excluding carboxylic acids is 1. The van der Waals surface area contributed by atoms with Gasteiger partial charge in [0.15, 0.2) is 5.69 Å². The molecule has 1 aromatic rings. The van der Waals surface area contributed by atoms with E-state index in [0.29, 0.717) is 42.1 Å². The summed E-state index contributed by atoms with van der Waals surface area (Å²) < 4.78 is 0. The molecule has 1 aromatic heterocycles. The third kappa shape index (κ3) is 4.47. The number of carbonyl (C=O) groups is 1. The van der Waals surface area contributed by atoms with Crippen molar-refractivity contribution in [2.24, 2.45) is 11.8 Å². The fraction of sp³-hybridized carbons (Fsp3) is 0.714. The average molecular weight is 373 g/mol. The van der Waals surface area contributed by atoms with E-state index in [1.165, 1.54) is 18.4 Å². The van der Waals surface area contributed by atoms with Crippen LogP contribution in [0.4, 0.5) is 0 Å². The highest BCUT2D eigenvalue weighted by Crippen LogP contribution is 2.40. The SMILES string of the molecule is C=C1CCC1C(CC)CC(=O)NC(CC)c1nnc(C2CCCC2)[nH]c1=O. The average Bonchev–Trinajstić information content (AvgIpc) is 3.19. The highest BCUT2D eigenvalue weighted by molar-refractivity contribution is 5.76. The lowest BCUT2D eigenvalue weighted by atomic mass is 9.70. The number of allylic oxidation sites excluding steroid dienone is 1. The summed E-state index contributed by atoms with van der Waals surface area (Å²) in [4.78, 5) is 28.0. The van der Waals surface area contributed by atoms with Gasteiger partial charge in [-0.25, -0.2) is 0 Å². The number of hydrogen-bond donors (Lipinski definition) is 2. The summed E-state index contributed by atoms with van der Waals surface area (Å²) in [5, 5.41) is 11.5. The molecule has 3 atom stereocenters. The van der Waals surface area contributed by atoms with E-state index < -0.39 is 6.04 Å². The number of rotatable bonds is 8. The largest absolute Gasteiger partial charge is 0.347 e. The predicted octanol–water partition coefficient (Wildman–Crippen LogP) is 3.77. The lowest BCUT2D eigenvalue weighted by molar-refractivity contribution is -0.123. The molecule has 1 amide bonds. The summed E-state index contributed by atoms with van der Waals surface area (Å²) >= 11 is 0. The van der Waals surface area contributed by atoms with Gasteiger partial charge >= 0.3 is 0 Å². The van der Waals surface area contributed by atoms with Crippen molar-refractivity contribution in [2.45, 2.75) is 83.6 Å². The minimum absolute atomic E-state index is 0.0190. The first-order valence-corrected chi connectivity index (χ1v) is 10.5. The van der Waals surface area contributed by atoms with E-state index in [-0.39, 0.29) is 11.5 Å². The van der Waals surface area contributed by atoms with Crippen LogP contribution < -0.4 is 10.9 Å². The first kappa shape index (κ1) is 19.8. The van der Waals surface area contributed by atoms with Gasteiger partial charge in [0.05, 0.1) is 6.04 Å². The first-order valence-electron chi connectivity index (χ1n) is 10.5. The Hall–Kier alpha value is -1.98. The highest BCUT2D eigenvalue weighted by Gasteiger charge is 2.31. The van der Waals surface area contributed by atoms with Gasteiger partial charge in [0.1, 0.15) is 5.82 Å². The van der Waals surface area contributed by atoms with Crippen molar-refractivity contribution in [1.82, 2.24) is 20.5 Å². The van der Waals surface area contributed by atoms with Gasteiger partial charge in [-0.05, 0) is 43.9 Å². The fourth-order valence-electron chi connectivity index (χ4n) is 4.48. The molecule has 0 saturated heterocycles. The van der Waals surface area contributed by atoms with Crippen molar-refractivity contribution in [1.29, 1.82) is 0 Å². The van der Waals surface area contributed by atoms with Crippen LogP contribution in [0.5, 0.6) is 0 Å². The Labute approximate surface area is 161 Å². The zero-order valence-electron chi connectivity index (χ0n) is 16.6. The topological polar surface area (TPSA) is 87.7 Å². The molecule has 0 aliphatic heterocycles. The zero-order chi connectivity index (χ0) is 19.4. The summed E-state index contributed by atoms with van der Waals surface area (Å²) in [5.74, 6) is 1.79. The van der Waals surface area contributed by atoms with E-state index in [2.05, 4.69) is 34.0 Å². The Morgan fingerprint density at radius 3 is 2.48 bits per heavy atom. The van der Waals surface area contributed by atoms with E-state index in [1.807, 2.05) is 6.92 Å². The van der Waals surface area contributed by atoms with Crippen LogP contribution in [-0.2, 0) is 4.79 Å². The molecule has 0 aromatic carbocycles. The van der Waals surface area contributed by atoms with E-state index in [4.69, 9.17) is 0 Å².